The Morgan fingerprint density at radius 1 is 0.971 bits per heavy atom. The molecule has 0 saturated carbocycles. The van der Waals surface area contributed by atoms with Gasteiger partial charge in [-0.2, -0.15) is 13.2 Å². The number of hydrogen-bond donors (Lipinski definition) is 2. The average molecular weight is 465 g/mol. The van der Waals surface area contributed by atoms with E-state index in [9.17, 15) is 18.0 Å². The van der Waals surface area contributed by atoms with Gasteiger partial charge in [-0.25, -0.2) is 0 Å². The van der Waals surface area contributed by atoms with Crippen molar-refractivity contribution in [1.29, 1.82) is 0 Å². The third kappa shape index (κ3) is 5.01. The summed E-state index contributed by atoms with van der Waals surface area (Å²) in [5.74, 6) is -0.758. The lowest BCUT2D eigenvalue weighted by Crippen LogP contribution is -2.28. The summed E-state index contributed by atoms with van der Waals surface area (Å²) in [6.45, 7) is 3.95. The molecule has 6 heteroatoms. The lowest BCUT2D eigenvalue weighted by molar-refractivity contribution is -0.137. The van der Waals surface area contributed by atoms with E-state index in [4.69, 9.17) is 0 Å². The maximum absolute atomic E-state index is 13.5. The molecule has 2 atom stereocenters. The molecule has 1 aromatic heterocycles. The standard InChI is InChI=1S/C28H27F3N2O/c1-3-19-11-8-14-23-25(17-32-27(19)23)24(21-12-7-13-22(15-21)28(29,30)31)16-26(34)33-18(2)20-9-5-4-6-10-20/h4-15,17-18,24,32H,3,16H2,1-2H3,(H,33,34). The predicted molar refractivity (Wildman–Crippen MR) is 129 cm³/mol. The van der Waals surface area contributed by atoms with Crippen molar-refractivity contribution in [3.05, 3.63) is 107 Å². The molecule has 0 aliphatic heterocycles. The molecule has 0 radical (unpaired) electrons. The number of aryl methyl sites for hydroxylation is 1. The average Bonchev–Trinajstić information content (AvgIpc) is 3.26. The fraction of sp³-hybridized carbons (Fsp3) is 0.250. The van der Waals surface area contributed by atoms with Crippen LogP contribution >= 0.6 is 0 Å². The number of aromatic amines is 1. The van der Waals surface area contributed by atoms with Crippen LogP contribution < -0.4 is 5.32 Å². The topological polar surface area (TPSA) is 44.9 Å². The Morgan fingerprint density at radius 2 is 1.68 bits per heavy atom. The van der Waals surface area contributed by atoms with Crippen molar-refractivity contribution in [2.75, 3.05) is 0 Å². The van der Waals surface area contributed by atoms with Crippen LogP contribution in [0.5, 0.6) is 0 Å². The monoisotopic (exact) mass is 464 g/mol. The van der Waals surface area contributed by atoms with Crippen LogP contribution in [0.1, 0.15) is 60.0 Å². The molecule has 0 bridgehead atoms. The Labute approximate surface area is 197 Å². The number of benzene rings is 3. The Bertz CT molecular complexity index is 1280. The number of rotatable bonds is 7. The van der Waals surface area contributed by atoms with E-state index in [1.165, 1.54) is 6.07 Å². The highest BCUT2D eigenvalue weighted by Crippen LogP contribution is 2.37. The van der Waals surface area contributed by atoms with Crippen LogP contribution in [0.25, 0.3) is 10.9 Å². The van der Waals surface area contributed by atoms with Crippen LogP contribution in [0, 0.1) is 0 Å². The highest BCUT2D eigenvalue weighted by atomic mass is 19.4. The minimum atomic E-state index is -4.46. The third-order valence-corrected chi connectivity index (χ3v) is 6.27. The molecule has 0 spiro atoms. The van der Waals surface area contributed by atoms with E-state index in [-0.39, 0.29) is 18.4 Å². The Morgan fingerprint density at radius 3 is 2.38 bits per heavy atom. The largest absolute Gasteiger partial charge is 0.416 e. The minimum Gasteiger partial charge on any atom is -0.361 e. The zero-order valence-corrected chi connectivity index (χ0v) is 19.1. The van der Waals surface area contributed by atoms with E-state index in [2.05, 4.69) is 17.2 Å². The molecule has 176 valence electrons. The summed E-state index contributed by atoms with van der Waals surface area (Å²) in [5.41, 5.74) is 3.59. The number of alkyl halides is 3. The van der Waals surface area contributed by atoms with Gasteiger partial charge in [-0.3, -0.25) is 4.79 Å². The molecule has 2 N–H and O–H groups in total. The first-order valence-electron chi connectivity index (χ1n) is 11.4. The molecule has 4 rings (SSSR count). The normalized spacial score (nSPS) is 13.6. The highest BCUT2D eigenvalue weighted by Gasteiger charge is 2.32. The van der Waals surface area contributed by atoms with Crippen molar-refractivity contribution in [1.82, 2.24) is 10.3 Å². The van der Waals surface area contributed by atoms with E-state index < -0.39 is 17.7 Å². The van der Waals surface area contributed by atoms with Crippen LogP contribution in [0.3, 0.4) is 0 Å². The zero-order chi connectivity index (χ0) is 24.3. The SMILES string of the molecule is CCc1cccc2c(C(CC(=O)NC(C)c3ccccc3)c3cccc(C(F)(F)F)c3)c[nH]c12. The fourth-order valence-electron chi connectivity index (χ4n) is 4.47. The smallest absolute Gasteiger partial charge is 0.361 e. The first kappa shape index (κ1) is 23.6. The molecule has 4 aromatic rings. The molecule has 0 saturated heterocycles. The second kappa shape index (κ2) is 9.75. The summed E-state index contributed by atoms with van der Waals surface area (Å²) >= 11 is 0. The van der Waals surface area contributed by atoms with Crippen molar-refractivity contribution in [2.45, 2.75) is 44.8 Å². The summed E-state index contributed by atoms with van der Waals surface area (Å²) in [4.78, 5) is 16.4. The number of aromatic nitrogens is 1. The summed E-state index contributed by atoms with van der Waals surface area (Å²) < 4.78 is 40.4. The van der Waals surface area contributed by atoms with Crippen LogP contribution in [-0.2, 0) is 17.4 Å². The van der Waals surface area contributed by atoms with Crippen molar-refractivity contribution in [3.8, 4) is 0 Å². The number of para-hydroxylation sites is 1. The van der Waals surface area contributed by atoms with Gasteiger partial charge in [0.25, 0.3) is 0 Å². The Balaban J connectivity index is 1.72. The second-order valence-electron chi connectivity index (χ2n) is 8.52. The van der Waals surface area contributed by atoms with E-state index in [1.54, 1.807) is 6.07 Å². The van der Waals surface area contributed by atoms with E-state index in [1.807, 2.05) is 61.7 Å². The van der Waals surface area contributed by atoms with Gasteiger partial charge in [-0.1, -0.05) is 73.7 Å². The molecule has 1 heterocycles. The Kier molecular flexibility index (Phi) is 6.77. The van der Waals surface area contributed by atoms with Gasteiger partial charge < -0.3 is 10.3 Å². The Hall–Kier alpha value is -3.54. The van der Waals surface area contributed by atoms with E-state index in [0.717, 1.165) is 46.1 Å². The molecule has 2 unspecified atom stereocenters. The van der Waals surface area contributed by atoms with Crippen LogP contribution in [0.15, 0.2) is 79.0 Å². The lowest BCUT2D eigenvalue weighted by atomic mass is 9.86. The second-order valence-corrected chi connectivity index (χ2v) is 8.52. The maximum Gasteiger partial charge on any atom is 0.416 e. The molecule has 0 aliphatic rings. The van der Waals surface area contributed by atoms with Crippen LogP contribution in [-0.4, -0.2) is 10.9 Å². The number of amides is 1. The molecule has 0 fully saturated rings. The van der Waals surface area contributed by atoms with E-state index in [0.29, 0.717) is 5.56 Å². The first-order valence-corrected chi connectivity index (χ1v) is 11.4. The number of halogens is 3. The molecular weight excluding hydrogens is 437 g/mol. The van der Waals surface area contributed by atoms with Gasteiger partial charge in [-0.05, 0) is 41.7 Å². The molecule has 3 aromatic carbocycles. The number of carbonyl (C=O) groups is 1. The molecular formula is C28H27F3N2O. The summed E-state index contributed by atoms with van der Waals surface area (Å²) in [5, 5.41) is 3.92. The van der Waals surface area contributed by atoms with Gasteiger partial charge in [-0.15, -0.1) is 0 Å². The van der Waals surface area contributed by atoms with Gasteiger partial charge in [0.2, 0.25) is 5.91 Å². The van der Waals surface area contributed by atoms with E-state index >= 15 is 0 Å². The summed E-state index contributed by atoms with van der Waals surface area (Å²) in [6.07, 6.45) is -1.79. The number of fused-ring (bicyclic) bond motifs is 1. The molecule has 3 nitrogen and oxygen atoms in total. The molecule has 1 amide bonds. The molecule has 0 aliphatic carbocycles. The maximum atomic E-state index is 13.5. The van der Waals surface area contributed by atoms with Gasteiger partial charge in [0, 0.05) is 29.4 Å². The van der Waals surface area contributed by atoms with Crippen molar-refractivity contribution >= 4 is 16.8 Å². The number of carbonyl (C=O) groups excluding carboxylic acids is 1. The molecule has 34 heavy (non-hydrogen) atoms. The lowest BCUT2D eigenvalue weighted by Gasteiger charge is -2.21. The number of H-pyrrole nitrogens is 1. The van der Waals surface area contributed by atoms with Gasteiger partial charge >= 0.3 is 6.18 Å². The predicted octanol–water partition coefficient (Wildman–Crippen LogP) is 7.15. The fourth-order valence-corrected chi connectivity index (χ4v) is 4.47. The first-order chi connectivity index (χ1) is 16.3. The number of hydrogen-bond acceptors (Lipinski definition) is 1. The van der Waals surface area contributed by atoms with Crippen LogP contribution in [0.4, 0.5) is 13.2 Å². The summed E-state index contributed by atoms with van der Waals surface area (Å²) in [6, 6.07) is 20.6. The van der Waals surface area contributed by atoms with Crippen molar-refractivity contribution in [3.63, 3.8) is 0 Å². The highest BCUT2D eigenvalue weighted by molar-refractivity contribution is 5.88. The minimum absolute atomic E-state index is 0.0296. The quantitative estimate of drug-likeness (QED) is 0.300. The van der Waals surface area contributed by atoms with Crippen molar-refractivity contribution < 1.29 is 18.0 Å². The number of nitrogens with one attached hydrogen (secondary N) is 2. The summed E-state index contributed by atoms with van der Waals surface area (Å²) in [7, 11) is 0. The van der Waals surface area contributed by atoms with Crippen LogP contribution in [0.2, 0.25) is 0 Å². The van der Waals surface area contributed by atoms with Gasteiger partial charge in [0.05, 0.1) is 11.6 Å². The third-order valence-electron chi connectivity index (χ3n) is 6.27. The zero-order valence-electron chi connectivity index (χ0n) is 19.1. The van der Waals surface area contributed by atoms with Crippen molar-refractivity contribution in [2.24, 2.45) is 0 Å². The van der Waals surface area contributed by atoms with Gasteiger partial charge in [0.1, 0.15) is 0 Å². The van der Waals surface area contributed by atoms with Gasteiger partial charge in [0.15, 0.2) is 0 Å².